The third kappa shape index (κ3) is 6.03. The number of hydrogen-bond acceptors (Lipinski definition) is 9. The molecule has 11 heteroatoms. The van der Waals surface area contributed by atoms with E-state index in [-0.39, 0.29) is 23.5 Å². The molecule has 1 amide bonds. The number of likely N-dealkylation sites (tertiary alicyclic amines) is 1. The fraction of sp³-hybridized carbons (Fsp3) is 0.389. The van der Waals surface area contributed by atoms with E-state index in [1.165, 1.54) is 12.3 Å². The summed E-state index contributed by atoms with van der Waals surface area (Å²) in [4.78, 5) is 40.1. The van der Waals surface area contributed by atoms with Crippen molar-refractivity contribution in [2.24, 2.45) is 11.8 Å². The fourth-order valence-corrected chi connectivity index (χ4v) is 7.05. The van der Waals surface area contributed by atoms with Gasteiger partial charge < -0.3 is 34.5 Å². The monoisotopic (exact) mass is 635 g/mol. The lowest BCUT2D eigenvalue weighted by Gasteiger charge is -2.26. The van der Waals surface area contributed by atoms with Gasteiger partial charge in [0.15, 0.2) is 0 Å². The molecule has 0 radical (unpaired) electrons. The minimum atomic E-state index is -0.484. The van der Waals surface area contributed by atoms with Crippen LogP contribution < -0.4 is 20.3 Å². The zero-order chi connectivity index (χ0) is 32.8. The highest BCUT2D eigenvalue weighted by molar-refractivity contribution is 6.04. The Morgan fingerprint density at radius 3 is 2.49 bits per heavy atom. The number of amides is 1. The Hall–Kier alpha value is -4.90. The minimum absolute atomic E-state index is 0.273. The van der Waals surface area contributed by atoms with Crippen LogP contribution in [0.4, 0.5) is 23.0 Å². The van der Waals surface area contributed by atoms with Crippen LogP contribution in [0.1, 0.15) is 43.1 Å². The summed E-state index contributed by atoms with van der Waals surface area (Å²) < 4.78 is 13.8. The molecular weight excluding hydrogens is 594 g/mol. The van der Waals surface area contributed by atoms with E-state index in [0.717, 1.165) is 61.2 Å². The van der Waals surface area contributed by atoms with Crippen LogP contribution in [-0.4, -0.2) is 77.8 Å². The van der Waals surface area contributed by atoms with E-state index in [0.29, 0.717) is 40.7 Å². The first-order valence-electron chi connectivity index (χ1n) is 16.3. The first-order chi connectivity index (χ1) is 22.7. The van der Waals surface area contributed by atoms with Crippen LogP contribution in [-0.2, 0) is 9.53 Å². The van der Waals surface area contributed by atoms with Gasteiger partial charge in [0.1, 0.15) is 11.3 Å². The summed E-state index contributed by atoms with van der Waals surface area (Å²) in [5, 5.41) is 7.32. The molecule has 2 saturated heterocycles. The second-order valence-corrected chi connectivity index (χ2v) is 13.1. The van der Waals surface area contributed by atoms with Gasteiger partial charge in [-0.15, -0.1) is 0 Å². The Morgan fingerprint density at radius 2 is 1.81 bits per heavy atom. The van der Waals surface area contributed by atoms with E-state index in [1.54, 1.807) is 7.11 Å². The maximum Gasteiger partial charge on any atom is 0.342 e. The van der Waals surface area contributed by atoms with Gasteiger partial charge in [0, 0.05) is 67.1 Å². The Labute approximate surface area is 274 Å². The van der Waals surface area contributed by atoms with Gasteiger partial charge >= 0.3 is 5.97 Å². The predicted octanol–water partition coefficient (Wildman–Crippen LogP) is 5.87. The first kappa shape index (κ1) is 30.7. The molecule has 1 saturated carbocycles. The van der Waals surface area contributed by atoms with Crippen molar-refractivity contribution in [1.82, 2.24) is 19.4 Å². The summed E-state index contributed by atoms with van der Waals surface area (Å²) in [7, 11) is 3.78. The average molecular weight is 636 g/mol. The number of carbonyl (C=O) groups is 2. The quantitative estimate of drug-likeness (QED) is 0.163. The number of benzene rings is 2. The van der Waals surface area contributed by atoms with Crippen molar-refractivity contribution in [2.75, 3.05) is 55.9 Å². The van der Waals surface area contributed by atoms with Gasteiger partial charge in [-0.05, 0) is 63.8 Å². The number of fused-ring (bicyclic) bond motifs is 2. The lowest BCUT2D eigenvalue weighted by molar-refractivity contribution is -0.111. The molecule has 11 nitrogen and oxygen atoms in total. The van der Waals surface area contributed by atoms with E-state index < -0.39 is 5.97 Å². The van der Waals surface area contributed by atoms with Crippen LogP contribution in [0.25, 0.3) is 22.2 Å². The molecule has 4 heterocycles. The van der Waals surface area contributed by atoms with Gasteiger partial charge in [-0.3, -0.25) is 4.79 Å². The number of para-hydroxylation sites is 1. The van der Waals surface area contributed by atoms with Gasteiger partial charge in [-0.2, -0.15) is 0 Å². The van der Waals surface area contributed by atoms with Crippen molar-refractivity contribution >= 4 is 45.8 Å². The third-order valence-corrected chi connectivity index (χ3v) is 9.30. The van der Waals surface area contributed by atoms with Crippen molar-refractivity contribution in [3.63, 3.8) is 0 Å². The van der Waals surface area contributed by atoms with Crippen molar-refractivity contribution < 1.29 is 19.1 Å². The first-order valence-corrected chi connectivity index (χ1v) is 16.3. The number of carbonyl (C=O) groups excluding carboxylic acids is 2. The lowest BCUT2D eigenvalue weighted by atomic mass is 10.0. The zero-order valence-electron chi connectivity index (χ0n) is 27.3. The standard InChI is InChI=1S/C36H41N7O4/c1-6-33(44)38-28-13-29(32(46-5)14-31(28)42-18-22-16-41(4)17-23(22)19-42)39-36-37-15-26(35(45)47-21(2)3)34(40-36)27-20-43(24-11-12-24)30-10-8-7-9-25(27)30/h6-10,13-15,20-24H,1,11-12,16-19H2,2-5H3,(H,38,44)(H,37,39,40)/t22-,23+. The fourth-order valence-electron chi connectivity index (χ4n) is 7.05. The third-order valence-electron chi connectivity index (χ3n) is 9.30. The maximum atomic E-state index is 13.3. The smallest absolute Gasteiger partial charge is 0.342 e. The van der Waals surface area contributed by atoms with E-state index in [9.17, 15) is 9.59 Å². The van der Waals surface area contributed by atoms with Gasteiger partial charge in [0.25, 0.3) is 0 Å². The number of nitrogens with one attached hydrogen (secondary N) is 2. The summed E-state index contributed by atoms with van der Waals surface area (Å²) in [5.41, 5.74) is 4.79. The van der Waals surface area contributed by atoms with E-state index in [2.05, 4.69) is 61.9 Å². The molecule has 3 fully saturated rings. The Balaban J connectivity index is 1.29. The Morgan fingerprint density at radius 1 is 1.06 bits per heavy atom. The van der Waals surface area contributed by atoms with Crippen molar-refractivity contribution in [3.05, 3.63) is 67.0 Å². The van der Waals surface area contributed by atoms with Crippen LogP contribution >= 0.6 is 0 Å². The molecule has 47 heavy (non-hydrogen) atoms. The molecule has 7 rings (SSSR count). The second-order valence-electron chi connectivity index (χ2n) is 13.1. The number of anilines is 4. The highest BCUT2D eigenvalue weighted by atomic mass is 16.5. The summed E-state index contributed by atoms with van der Waals surface area (Å²) in [5.74, 6) is 1.21. The topological polar surface area (TPSA) is 114 Å². The number of nitrogens with zero attached hydrogens (tertiary/aromatic N) is 5. The largest absolute Gasteiger partial charge is 0.494 e. The van der Waals surface area contributed by atoms with Gasteiger partial charge in [0.2, 0.25) is 11.9 Å². The Kier molecular flexibility index (Phi) is 8.09. The second kappa shape index (κ2) is 12.4. The number of aromatic nitrogens is 3. The molecule has 2 atom stereocenters. The number of rotatable bonds is 10. The summed E-state index contributed by atoms with van der Waals surface area (Å²) in [6.07, 6.45) is 6.80. The Bertz CT molecular complexity index is 1850. The summed E-state index contributed by atoms with van der Waals surface area (Å²) in [6.45, 7) is 11.2. The number of hydrogen-bond donors (Lipinski definition) is 2. The SMILES string of the molecule is C=CC(=O)Nc1cc(Nc2ncc(C(=O)OC(C)C)c(-c3cn(C4CC4)c4ccccc34)n2)c(OC)cc1N1C[C@H]2CN(C)C[C@H]2C1. The molecule has 2 aromatic heterocycles. The van der Waals surface area contributed by atoms with E-state index in [1.807, 2.05) is 38.1 Å². The molecule has 4 aromatic rings. The van der Waals surface area contributed by atoms with Crippen LogP contribution in [0.5, 0.6) is 5.75 Å². The van der Waals surface area contributed by atoms with Gasteiger partial charge in [-0.25, -0.2) is 14.8 Å². The maximum absolute atomic E-state index is 13.3. The number of methoxy groups -OCH3 is 1. The van der Waals surface area contributed by atoms with E-state index >= 15 is 0 Å². The van der Waals surface area contributed by atoms with Crippen LogP contribution in [0.2, 0.25) is 0 Å². The average Bonchev–Trinajstić information content (AvgIpc) is 3.58. The molecule has 244 valence electrons. The van der Waals surface area contributed by atoms with Crippen molar-refractivity contribution in [1.29, 1.82) is 0 Å². The molecule has 3 aliphatic rings. The minimum Gasteiger partial charge on any atom is -0.494 e. The van der Waals surface area contributed by atoms with Gasteiger partial charge in [0.05, 0.1) is 36.0 Å². The van der Waals surface area contributed by atoms with Crippen molar-refractivity contribution in [3.8, 4) is 17.0 Å². The summed E-state index contributed by atoms with van der Waals surface area (Å²) in [6, 6.07) is 12.4. The zero-order valence-corrected chi connectivity index (χ0v) is 27.3. The molecule has 2 N–H and O–H groups in total. The molecular formula is C36H41N7O4. The lowest BCUT2D eigenvalue weighted by Crippen LogP contribution is -2.27. The molecule has 0 spiro atoms. The number of ether oxygens (including phenoxy) is 2. The van der Waals surface area contributed by atoms with Crippen LogP contribution in [0, 0.1) is 11.8 Å². The number of esters is 1. The highest BCUT2D eigenvalue weighted by Gasteiger charge is 2.39. The molecule has 2 aromatic carbocycles. The van der Waals surface area contributed by atoms with Crippen LogP contribution in [0.3, 0.4) is 0 Å². The summed E-state index contributed by atoms with van der Waals surface area (Å²) >= 11 is 0. The van der Waals surface area contributed by atoms with Crippen molar-refractivity contribution in [2.45, 2.75) is 38.8 Å². The highest BCUT2D eigenvalue weighted by Crippen LogP contribution is 2.44. The normalized spacial score (nSPS) is 19.2. The molecule has 0 bridgehead atoms. The van der Waals surface area contributed by atoms with Crippen LogP contribution in [0.15, 0.2) is 61.4 Å². The molecule has 1 aliphatic carbocycles. The van der Waals surface area contributed by atoms with E-state index in [4.69, 9.17) is 14.5 Å². The van der Waals surface area contributed by atoms with Gasteiger partial charge in [-0.1, -0.05) is 24.8 Å². The molecule has 0 unspecified atom stereocenters. The predicted molar refractivity (Wildman–Crippen MR) is 184 cm³/mol. The molecule has 2 aliphatic heterocycles.